The van der Waals surface area contributed by atoms with Crippen LogP contribution in [0, 0.1) is 0 Å². The summed E-state index contributed by atoms with van der Waals surface area (Å²) in [6.07, 6.45) is 1.79. The molecule has 0 aliphatic carbocycles. The normalized spacial score (nSPS) is 13.0. The lowest BCUT2D eigenvalue weighted by Gasteiger charge is -2.05. The van der Waals surface area contributed by atoms with E-state index in [0.717, 1.165) is 5.69 Å². The van der Waals surface area contributed by atoms with Gasteiger partial charge in [0, 0.05) is 24.4 Å². The lowest BCUT2D eigenvalue weighted by atomic mass is 10.1. The summed E-state index contributed by atoms with van der Waals surface area (Å²) in [5.74, 6) is 0.376. The van der Waals surface area contributed by atoms with Crippen LogP contribution >= 0.6 is 0 Å². The summed E-state index contributed by atoms with van der Waals surface area (Å²) in [6.45, 7) is 2.74. The van der Waals surface area contributed by atoms with Gasteiger partial charge in [0.25, 0.3) is 0 Å². The van der Waals surface area contributed by atoms with E-state index in [-0.39, 0.29) is 0 Å². The molecular formula is C8H12N2. The Morgan fingerprint density at radius 3 is 2.90 bits per heavy atom. The molecule has 0 radical (unpaired) electrons. The van der Waals surface area contributed by atoms with Gasteiger partial charge in [0.15, 0.2) is 0 Å². The van der Waals surface area contributed by atoms with Gasteiger partial charge in [-0.05, 0) is 12.1 Å². The predicted molar refractivity (Wildman–Crippen MR) is 41.7 cm³/mol. The molecule has 1 unspecified atom stereocenters. The zero-order valence-corrected chi connectivity index (χ0v) is 6.12. The molecule has 54 valence electrons. The molecule has 0 aliphatic rings. The quantitative estimate of drug-likeness (QED) is 0.662. The van der Waals surface area contributed by atoms with Crippen LogP contribution in [0.15, 0.2) is 24.4 Å². The third-order valence-corrected chi connectivity index (χ3v) is 1.55. The minimum absolute atomic E-state index is 0.376. The molecule has 1 aromatic heterocycles. The summed E-state index contributed by atoms with van der Waals surface area (Å²) in [7, 11) is 0. The van der Waals surface area contributed by atoms with Crippen molar-refractivity contribution in [2.24, 2.45) is 5.73 Å². The third-order valence-electron chi connectivity index (χ3n) is 1.55. The standard InChI is InChI=1S/C8H12N2/c1-7(6-9)8-4-2-3-5-10-8/h2-5,7H,6,9H2,1H3. The summed E-state index contributed by atoms with van der Waals surface area (Å²) in [4.78, 5) is 4.17. The molecule has 1 heterocycles. The average Bonchev–Trinajstić information content (AvgIpc) is 2.05. The fourth-order valence-electron chi connectivity index (χ4n) is 0.788. The molecule has 0 saturated heterocycles. The second-order valence-corrected chi connectivity index (χ2v) is 2.39. The highest BCUT2D eigenvalue weighted by Gasteiger charge is 2.01. The monoisotopic (exact) mass is 136 g/mol. The summed E-state index contributed by atoms with van der Waals surface area (Å²) < 4.78 is 0. The Kier molecular flexibility index (Phi) is 2.40. The zero-order chi connectivity index (χ0) is 7.40. The lowest BCUT2D eigenvalue weighted by molar-refractivity contribution is 0.745. The second kappa shape index (κ2) is 3.32. The number of nitrogens with zero attached hydrogens (tertiary/aromatic N) is 1. The fraction of sp³-hybridized carbons (Fsp3) is 0.375. The molecule has 0 bridgehead atoms. The number of hydrogen-bond acceptors (Lipinski definition) is 2. The number of nitrogens with two attached hydrogens (primary N) is 1. The van der Waals surface area contributed by atoms with Gasteiger partial charge >= 0.3 is 0 Å². The largest absolute Gasteiger partial charge is 0.330 e. The number of rotatable bonds is 2. The van der Waals surface area contributed by atoms with Gasteiger partial charge in [0.1, 0.15) is 0 Å². The molecule has 1 atom stereocenters. The molecular weight excluding hydrogens is 124 g/mol. The van der Waals surface area contributed by atoms with E-state index in [1.807, 2.05) is 18.2 Å². The van der Waals surface area contributed by atoms with Crippen LogP contribution in [0.4, 0.5) is 0 Å². The van der Waals surface area contributed by atoms with Crippen LogP contribution in [-0.4, -0.2) is 11.5 Å². The molecule has 1 aromatic rings. The topological polar surface area (TPSA) is 38.9 Å². The van der Waals surface area contributed by atoms with E-state index in [0.29, 0.717) is 12.5 Å². The molecule has 1 rings (SSSR count). The Balaban J connectivity index is 2.75. The van der Waals surface area contributed by atoms with Gasteiger partial charge in [0.2, 0.25) is 0 Å². The molecule has 0 fully saturated rings. The Labute approximate surface area is 61.1 Å². The molecule has 0 amide bonds. The van der Waals surface area contributed by atoms with E-state index >= 15 is 0 Å². The predicted octanol–water partition coefficient (Wildman–Crippen LogP) is 1.14. The van der Waals surface area contributed by atoms with Crippen molar-refractivity contribution in [2.75, 3.05) is 6.54 Å². The fourth-order valence-corrected chi connectivity index (χ4v) is 0.788. The maximum absolute atomic E-state index is 5.46. The Morgan fingerprint density at radius 1 is 1.60 bits per heavy atom. The van der Waals surface area contributed by atoms with Crippen LogP contribution in [0.1, 0.15) is 18.5 Å². The summed E-state index contributed by atoms with van der Waals surface area (Å²) in [6, 6.07) is 5.89. The molecule has 0 aliphatic heterocycles. The van der Waals surface area contributed by atoms with E-state index in [4.69, 9.17) is 5.73 Å². The highest BCUT2D eigenvalue weighted by molar-refractivity contribution is 5.08. The second-order valence-electron chi connectivity index (χ2n) is 2.39. The smallest absolute Gasteiger partial charge is 0.0444 e. The van der Waals surface area contributed by atoms with Crippen molar-refractivity contribution in [2.45, 2.75) is 12.8 Å². The van der Waals surface area contributed by atoms with Gasteiger partial charge < -0.3 is 5.73 Å². The van der Waals surface area contributed by atoms with E-state index in [1.54, 1.807) is 6.20 Å². The molecule has 10 heavy (non-hydrogen) atoms. The first-order chi connectivity index (χ1) is 4.84. The molecule has 0 saturated carbocycles. The first kappa shape index (κ1) is 7.22. The molecule has 0 spiro atoms. The van der Waals surface area contributed by atoms with E-state index in [1.165, 1.54) is 0 Å². The van der Waals surface area contributed by atoms with Gasteiger partial charge in [-0.25, -0.2) is 0 Å². The van der Waals surface area contributed by atoms with Crippen LogP contribution in [0.25, 0.3) is 0 Å². The number of hydrogen-bond donors (Lipinski definition) is 1. The Bertz CT molecular complexity index is 184. The molecule has 2 N–H and O–H groups in total. The minimum Gasteiger partial charge on any atom is -0.330 e. The lowest BCUT2D eigenvalue weighted by Crippen LogP contribution is -2.09. The van der Waals surface area contributed by atoms with Crippen LogP contribution in [0.2, 0.25) is 0 Å². The third kappa shape index (κ3) is 1.54. The van der Waals surface area contributed by atoms with Crippen LogP contribution in [0.5, 0.6) is 0 Å². The highest BCUT2D eigenvalue weighted by Crippen LogP contribution is 2.08. The molecule has 2 nitrogen and oxygen atoms in total. The summed E-state index contributed by atoms with van der Waals surface area (Å²) in [5.41, 5.74) is 6.54. The number of aromatic nitrogens is 1. The Morgan fingerprint density at radius 2 is 2.40 bits per heavy atom. The summed E-state index contributed by atoms with van der Waals surface area (Å²) >= 11 is 0. The van der Waals surface area contributed by atoms with E-state index < -0.39 is 0 Å². The first-order valence-corrected chi connectivity index (χ1v) is 3.45. The van der Waals surface area contributed by atoms with Gasteiger partial charge in [-0.2, -0.15) is 0 Å². The maximum Gasteiger partial charge on any atom is 0.0444 e. The van der Waals surface area contributed by atoms with E-state index in [9.17, 15) is 0 Å². The Hall–Kier alpha value is -0.890. The zero-order valence-electron chi connectivity index (χ0n) is 6.12. The van der Waals surface area contributed by atoms with Crippen LogP contribution < -0.4 is 5.73 Å². The van der Waals surface area contributed by atoms with Gasteiger partial charge in [-0.15, -0.1) is 0 Å². The minimum atomic E-state index is 0.376. The van der Waals surface area contributed by atoms with Crippen molar-refractivity contribution < 1.29 is 0 Å². The molecule has 2 heteroatoms. The van der Waals surface area contributed by atoms with Crippen molar-refractivity contribution in [3.63, 3.8) is 0 Å². The van der Waals surface area contributed by atoms with Crippen molar-refractivity contribution in [3.05, 3.63) is 30.1 Å². The van der Waals surface area contributed by atoms with Crippen molar-refractivity contribution in [1.29, 1.82) is 0 Å². The SMILES string of the molecule is CC(CN)c1ccccn1. The van der Waals surface area contributed by atoms with Crippen molar-refractivity contribution >= 4 is 0 Å². The highest BCUT2D eigenvalue weighted by atomic mass is 14.7. The summed E-state index contributed by atoms with van der Waals surface area (Å²) in [5, 5.41) is 0. The van der Waals surface area contributed by atoms with Crippen molar-refractivity contribution in [1.82, 2.24) is 4.98 Å². The van der Waals surface area contributed by atoms with Gasteiger partial charge in [-0.1, -0.05) is 13.0 Å². The average molecular weight is 136 g/mol. The van der Waals surface area contributed by atoms with E-state index in [2.05, 4.69) is 11.9 Å². The van der Waals surface area contributed by atoms with Crippen molar-refractivity contribution in [3.8, 4) is 0 Å². The van der Waals surface area contributed by atoms with Gasteiger partial charge in [0.05, 0.1) is 0 Å². The number of pyridine rings is 1. The molecule has 0 aromatic carbocycles. The van der Waals surface area contributed by atoms with Crippen LogP contribution in [-0.2, 0) is 0 Å². The first-order valence-electron chi connectivity index (χ1n) is 3.45. The maximum atomic E-state index is 5.46. The van der Waals surface area contributed by atoms with Gasteiger partial charge in [-0.3, -0.25) is 4.98 Å². The van der Waals surface area contributed by atoms with Crippen LogP contribution in [0.3, 0.4) is 0 Å².